The minimum absolute atomic E-state index is 0.000143. The molecule has 3 heterocycles. The number of sulfonamides is 1. The number of nitrogens with zero attached hydrogens (tertiary/aromatic N) is 4. The molecule has 0 radical (unpaired) electrons. The van der Waals surface area contributed by atoms with Gasteiger partial charge in [0.05, 0.1) is 52.0 Å². The summed E-state index contributed by atoms with van der Waals surface area (Å²) in [7, 11) is -3.52. The van der Waals surface area contributed by atoms with E-state index in [0.29, 0.717) is 67.9 Å². The number of rotatable bonds is 10. The van der Waals surface area contributed by atoms with E-state index >= 15 is 0 Å². The van der Waals surface area contributed by atoms with Gasteiger partial charge in [-0.1, -0.05) is 42.0 Å². The van der Waals surface area contributed by atoms with Crippen LogP contribution in [-0.2, 0) is 14.8 Å². The third kappa shape index (κ3) is 6.43. The highest BCUT2D eigenvalue weighted by Gasteiger charge is 2.24. The number of aromatic nitrogens is 3. The van der Waals surface area contributed by atoms with Crippen LogP contribution in [0.25, 0.3) is 21.8 Å². The molecule has 1 aliphatic rings. The van der Waals surface area contributed by atoms with Crippen LogP contribution < -0.4 is 14.9 Å². The zero-order chi connectivity index (χ0) is 25.7. The van der Waals surface area contributed by atoms with Gasteiger partial charge >= 0.3 is 0 Å². The van der Waals surface area contributed by atoms with Crippen molar-refractivity contribution < 1.29 is 18.3 Å². The summed E-state index contributed by atoms with van der Waals surface area (Å²) in [5.74, 6) is 0.382. The minimum atomic E-state index is -3.52. The van der Waals surface area contributed by atoms with Crippen LogP contribution in [0.4, 0.5) is 16.8 Å². The molecule has 1 aliphatic heterocycles. The molecule has 10 nitrogen and oxygen atoms in total. The zero-order valence-electron chi connectivity index (χ0n) is 20.1. The molecular weight excluding hydrogens is 524 g/mol. The van der Waals surface area contributed by atoms with E-state index in [4.69, 9.17) is 21.3 Å². The van der Waals surface area contributed by atoms with E-state index in [1.807, 2.05) is 6.07 Å². The first kappa shape index (κ1) is 26.6. The number of anilines is 3. The van der Waals surface area contributed by atoms with Crippen molar-refractivity contribution in [3.8, 4) is 21.8 Å². The molecule has 1 saturated heterocycles. The number of hydrogen-bond donors (Lipinski definition) is 3. The number of ether oxygens (including phenoxy) is 1. The van der Waals surface area contributed by atoms with Gasteiger partial charge in [0.15, 0.2) is 5.13 Å². The third-order valence-corrected chi connectivity index (χ3v) is 8.36. The average molecular weight is 553 g/mol. The normalized spacial score (nSPS) is 15.1. The lowest BCUT2D eigenvalue weighted by Crippen LogP contribution is -2.36. The topological polar surface area (TPSA) is 130 Å². The summed E-state index contributed by atoms with van der Waals surface area (Å²) in [4.78, 5) is 16.7. The molecule has 36 heavy (non-hydrogen) atoms. The van der Waals surface area contributed by atoms with E-state index in [-0.39, 0.29) is 10.8 Å². The molecule has 2 aromatic heterocycles. The Bertz CT molecular complexity index is 1300. The molecule has 0 aliphatic carbocycles. The molecule has 1 atom stereocenters. The second-order valence-electron chi connectivity index (χ2n) is 8.36. The summed E-state index contributed by atoms with van der Waals surface area (Å²) in [5, 5.41) is 13.7. The van der Waals surface area contributed by atoms with Crippen LogP contribution in [0.5, 0.6) is 0 Å². The lowest BCUT2D eigenvalue weighted by molar-refractivity contribution is 0.122. The first-order valence-electron chi connectivity index (χ1n) is 11.7. The minimum Gasteiger partial charge on any atom is -0.392 e. The first-order valence-corrected chi connectivity index (χ1v) is 14.5. The third-order valence-electron chi connectivity index (χ3n) is 5.33. The van der Waals surface area contributed by atoms with E-state index in [2.05, 4.69) is 24.9 Å². The summed E-state index contributed by atoms with van der Waals surface area (Å²) in [5.41, 5.74) is 2.13. The lowest BCUT2D eigenvalue weighted by Gasteiger charge is -2.26. The van der Waals surface area contributed by atoms with Gasteiger partial charge in [-0.25, -0.2) is 23.4 Å². The van der Waals surface area contributed by atoms with Crippen LogP contribution in [0.15, 0.2) is 30.5 Å². The monoisotopic (exact) mass is 552 g/mol. The Morgan fingerprint density at radius 2 is 2.03 bits per heavy atom. The Morgan fingerprint density at radius 1 is 1.25 bits per heavy atom. The van der Waals surface area contributed by atoms with Gasteiger partial charge in [0.2, 0.25) is 16.0 Å². The quantitative estimate of drug-likeness (QED) is 0.344. The van der Waals surface area contributed by atoms with Crippen molar-refractivity contribution in [1.82, 2.24) is 15.0 Å². The maximum atomic E-state index is 12.4. The molecule has 0 spiro atoms. The Hall–Kier alpha value is -2.51. The number of morpholine rings is 1. The first-order chi connectivity index (χ1) is 17.3. The Labute approximate surface area is 219 Å². The van der Waals surface area contributed by atoms with Gasteiger partial charge < -0.3 is 20.1 Å². The van der Waals surface area contributed by atoms with Crippen LogP contribution in [-0.4, -0.2) is 73.2 Å². The zero-order valence-corrected chi connectivity index (χ0v) is 22.5. The lowest BCUT2D eigenvalue weighted by atomic mass is 10.1. The molecule has 0 saturated carbocycles. The number of aliphatic hydroxyl groups is 1. The number of benzene rings is 1. The number of aliphatic hydroxyl groups excluding tert-OH is 1. The van der Waals surface area contributed by atoms with E-state index < -0.39 is 16.1 Å². The summed E-state index contributed by atoms with van der Waals surface area (Å²) in [6.07, 6.45) is 1.58. The van der Waals surface area contributed by atoms with Crippen molar-refractivity contribution in [2.75, 3.05) is 53.5 Å². The Morgan fingerprint density at radius 3 is 2.75 bits per heavy atom. The molecule has 194 valence electrons. The fourth-order valence-electron chi connectivity index (χ4n) is 3.65. The molecule has 1 aromatic carbocycles. The van der Waals surface area contributed by atoms with Gasteiger partial charge in [-0.15, -0.1) is 0 Å². The van der Waals surface area contributed by atoms with Crippen molar-refractivity contribution in [3.05, 3.63) is 35.5 Å². The molecule has 1 fully saturated rings. The molecule has 0 bridgehead atoms. The molecular formula is C23H29ClN6O4S2. The van der Waals surface area contributed by atoms with Crippen LogP contribution in [0.2, 0.25) is 5.02 Å². The maximum Gasteiger partial charge on any atom is 0.232 e. The molecule has 0 amide bonds. The predicted octanol–water partition coefficient (Wildman–Crippen LogP) is 3.70. The highest BCUT2D eigenvalue weighted by atomic mass is 35.5. The predicted molar refractivity (Wildman–Crippen MR) is 144 cm³/mol. The van der Waals surface area contributed by atoms with Gasteiger partial charge in [0.25, 0.3) is 0 Å². The number of halogens is 1. The summed E-state index contributed by atoms with van der Waals surface area (Å²) >= 11 is 8.23. The fourth-order valence-corrected chi connectivity index (χ4v) is 6.21. The van der Waals surface area contributed by atoms with Crippen LogP contribution >= 0.6 is 22.9 Å². The maximum absolute atomic E-state index is 12.4. The smallest absolute Gasteiger partial charge is 0.232 e. The van der Waals surface area contributed by atoms with Crippen molar-refractivity contribution in [1.29, 1.82) is 0 Å². The van der Waals surface area contributed by atoms with Gasteiger partial charge in [-0.05, 0) is 25.5 Å². The van der Waals surface area contributed by atoms with E-state index in [1.165, 1.54) is 11.3 Å². The summed E-state index contributed by atoms with van der Waals surface area (Å²) in [6, 6.07) is 6.99. The molecule has 4 rings (SSSR count). The van der Waals surface area contributed by atoms with Gasteiger partial charge in [0, 0.05) is 31.4 Å². The average Bonchev–Trinajstić information content (AvgIpc) is 3.30. The molecule has 3 aromatic rings. The van der Waals surface area contributed by atoms with Gasteiger partial charge in [-0.2, -0.15) is 0 Å². The van der Waals surface area contributed by atoms with E-state index in [9.17, 15) is 13.5 Å². The van der Waals surface area contributed by atoms with E-state index in [0.717, 1.165) is 10.0 Å². The number of nitrogens with one attached hydrogen (secondary N) is 2. The summed E-state index contributed by atoms with van der Waals surface area (Å²) in [6.45, 7) is 6.43. The largest absolute Gasteiger partial charge is 0.392 e. The molecule has 13 heteroatoms. The van der Waals surface area contributed by atoms with Crippen molar-refractivity contribution in [3.63, 3.8) is 0 Å². The standard InChI is InChI=1S/C23H29ClN6O4S2/c1-3-13-36(32,33)29-17-6-4-5-16(19(17)24)20-21(35-23(28-20)30-9-11-34-12-10-30)18-7-8-25-22(27-18)26-14-15(2)31/h4-8,15,29,31H,3,9-14H2,1-2H3,(H,25,26,27)/t15-/m0/s1. The van der Waals surface area contributed by atoms with Crippen molar-refractivity contribution in [2.45, 2.75) is 26.4 Å². The fraction of sp³-hybridized carbons (Fsp3) is 0.435. The number of thiazole rings is 1. The van der Waals surface area contributed by atoms with Crippen LogP contribution in [0, 0.1) is 0 Å². The molecule has 3 N–H and O–H groups in total. The van der Waals surface area contributed by atoms with Crippen molar-refractivity contribution in [2.24, 2.45) is 0 Å². The molecule has 0 unspecified atom stereocenters. The highest BCUT2D eigenvalue weighted by Crippen LogP contribution is 2.44. The van der Waals surface area contributed by atoms with Gasteiger partial charge in [-0.3, -0.25) is 4.72 Å². The SMILES string of the molecule is CCCS(=O)(=O)Nc1cccc(-c2nc(N3CCOCC3)sc2-c2ccnc(NC[C@H](C)O)n2)c1Cl. The number of hydrogen-bond acceptors (Lipinski definition) is 10. The van der Waals surface area contributed by atoms with Crippen LogP contribution in [0.1, 0.15) is 20.3 Å². The second-order valence-corrected chi connectivity index (χ2v) is 11.6. The van der Waals surface area contributed by atoms with Crippen LogP contribution in [0.3, 0.4) is 0 Å². The summed E-state index contributed by atoms with van der Waals surface area (Å²) < 4.78 is 32.9. The Kier molecular flexibility index (Phi) is 8.62. The second kappa shape index (κ2) is 11.7. The highest BCUT2D eigenvalue weighted by molar-refractivity contribution is 7.92. The van der Waals surface area contributed by atoms with Crippen molar-refractivity contribution >= 4 is 49.7 Å². The Balaban J connectivity index is 1.78. The van der Waals surface area contributed by atoms with Gasteiger partial charge in [0.1, 0.15) is 0 Å². The van der Waals surface area contributed by atoms with E-state index in [1.54, 1.807) is 38.2 Å².